The first-order valence-corrected chi connectivity index (χ1v) is 5.68. The maximum Gasteiger partial charge on any atom is 0.133 e. The SMILES string of the molecule is NCC1CC1c1cc(Cl)cc(Br)c1O. The van der Waals surface area contributed by atoms with Crippen molar-refractivity contribution in [3.8, 4) is 5.75 Å². The van der Waals surface area contributed by atoms with Crippen LogP contribution < -0.4 is 5.73 Å². The lowest BCUT2D eigenvalue weighted by atomic mass is 10.1. The monoisotopic (exact) mass is 275 g/mol. The van der Waals surface area contributed by atoms with E-state index in [-0.39, 0.29) is 0 Å². The molecule has 2 atom stereocenters. The number of aromatic hydroxyl groups is 1. The third kappa shape index (κ3) is 1.76. The van der Waals surface area contributed by atoms with E-state index in [9.17, 15) is 5.11 Å². The molecule has 0 aromatic heterocycles. The van der Waals surface area contributed by atoms with Crippen molar-refractivity contribution in [1.29, 1.82) is 0 Å². The minimum absolute atomic E-state index is 0.301. The molecule has 14 heavy (non-hydrogen) atoms. The normalized spacial score (nSPS) is 25.1. The molecule has 4 heteroatoms. The Morgan fingerprint density at radius 1 is 1.57 bits per heavy atom. The van der Waals surface area contributed by atoms with Crippen LogP contribution in [0.15, 0.2) is 16.6 Å². The zero-order valence-electron chi connectivity index (χ0n) is 7.50. The zero-order valence-corrected chi connectivity index (χ0v) is 9.85. The third-order valence-electron chi connectivity index (χ3n) is 2.68. The second kappa shape index (κ2) is 3.72. The Morgan fingerprint density at radius 2 is 2.29 bits per heavy atom. The van der Waals surface area contributed by atoms with Crippen molar-refractivity contribution in [3.63, 3.8) is 0 Å². The van der Waals surface area contributed by atoms with Gasteiger partial charge in [-0.2, -0.15) is 0 Å². The summed E-state index contributed by atoms with van der Waals surface area (Å²) in [4.78, 5) is 0. The van der Waals surface area contributed by atoms with Gasteiger partial charge in [-0.05, 0) is 58.4 Å². The van der Waals surface area contributed by atoms with E-state index in [1.54, 1.807) is 6.07 Å². The average Bonchev–Trinajstić information content (AvgIpc) is 2.90. The van der Waals surface area contributed by atoms with E-state index >= 15 is 0 Å². The van der Waals surface area contributed by atoms with E-state index in [2.05, 4.69) is 15.9 Å². The van der Waals surface area contributed by atoms with E-state index in [1.165, 1.54) is 0 Å². The molecule has 3 N–H and O–H groups in total. The molecule has 0 spiro atoms. The summed E-state index contributed by atoms with van der Waals surface area (Å²) in [7, 11) is 0. The zero-order chi connectivity index (χ0) is 10.3. The fraction of sp³-hybridized carbons (Fsp3) is 0.400. The van der Waals surface area contributed by atoms with Crippen LogP contribution in [0.5, 0.6) is 5.75 Å². The summed E-state index contributed by atoms with van der Waals surface area (Å²) >= 11 is 9.18. The van der Waals surface area contributed by atoms with Crippen LogP contribution in [0.1, 0.15) is 17.9 Å². The van der Waals surface area contributed by atoms with Gasteiger partial charge < -0.3 is 10.8 Å². The van der Waals surface area contributed by atoms with E-state index in [1.807, 2.05) is 6.07 Å². The molecule has 2 nitrogen and oxygen atoms in total. The van der Waals surface area contributed by atoms with Gasteiger partial charge in [0.1, 0.15) is 5.75 Å². The lowest BCUT2D eigenvalue weighted by Crippen LogP contribution is -2.02. The third-order valence-corrected chi connectivity index (χ3v) is 3.51. The Morgan fingerprint density at radius 3 is 2.86 bits per heavy atom. The Kier molecular flexibility index (Phi) is 2.73. The lowest BCUT2D eigenvalue weighted by Gasteiger charge is -2.06. The number of hydrogen-bond donors (Lipinski definition) is 2. The van der Waals surface area contributed by atoms with Crippen LogP contribution in [-0.4, -0.2) is 11.7 Å². The predicted octanol–water partition coefficient (Wildman–Crippen LogP) is 2.87. The molecule has 1 fully saturated rings. The number of phenolic OH excluding ortho intramolecular Hbond substituents is 1. The average molecular weight is 277 g/mol. The van der Waals surface area contributed by atoms with Crippen molar-refractivity contribution in [2.24, 2.45) is 11.7 Å². The molecule has 1 aliphatic carbocycles. The number of hydrogen-bond acceptors (Lipinski definition) is 2. The smallest absolute Gasteiger partial charge is 0.133 e. The summed E-state index contributed by atoms with van der Waals surface area (Å²) in [6, 6.07) is 3.52. The van der Waals surface area contributed by atoms with Gasteiger partial charge in [0.15, 0.2) is 0 Å². The second-order valence-electron chi connectivity index (χ2n) is 3.66. The molecule has 1 aromatic rings. The van der Waals surface area contributed by atoms with Crippen LogP contribution in [0.2, 0.25) is 5.02 Å². The Bertz CT molecular complexity index is 369. The molecule has 0 saturated heterocycles. The molecule has 0 aliphatic heterocycles. The Labute approximate surface area is 96.2 Å². The molecule has 0 bridgehead atoms. The lowest BCUT2D eigenvalue weighted by molar-refractivity contribution is 0.464. The van der Waals surface area contributed by atoms with Gasteiger partial charge in [-0.1, -0.05) is 11.6 Å². The molecular weight excluding hydrogens is 265 g/mol. The Hall–Kier alpha value is -0.250. The van der Waals surface area contributed by atoms with Crippen LogP contribution in [-0.2, 0) is 0 Å². The van der Waals surface area contributed by atoms with Crippen LogP contribution in [0.3, 0.4) is 0 Å². The minimum Gasteiger partial charge on any atom is -0.506 e. The molecule has 0 amide bonds. The first-order valence-electron chi connectivity index (χ1n) is 4.51. The molecular formula is C10H11BrClNO. The first kappa shape index (κ1) is 10.3. The summed E-state index contributed by atoms with van der Waals surface area (Å²) < 4.78 is 0.655. The van der Waals surface area contributed by atoms with Gasteiger partial charge in [0, 0.05) is 5.02 Å². The highest BCUT2D eigenvalue weighted by Gasteiger charge is 2.39. The molecule has 76 valence electrons. The topological polar surface area (TPSA) is 46.2 Å². The van der Waals surface area contributed by atoms with Gasteiger partial charge in [0.25, 0.3) is 0 Å². The predicted molar refractivity (Wildman–Crippen MR) is 60.7 cm³/mol. The fourth-order valence-corrected chi connectivity index (χ4v) is 2.59. The number of nitrogens with two attached hydrogens (primary N) is 1. The van der Waals surface area contributed by atoms with Crippen LogP contribution in [0.4, 0.5) is 0 Å². The molecule has 0 heterocycles. The van der Waals surface area contributed by atoms with Gasteiger partial charge >= 0.3 is 0 Å². The summed E-state index contributed by atoms with van der Waals surface area (Å²) in [5, 5.41) is 10.4. The first-order chi connectivity index (χ1) is 6.63. The summed E-state index contributed by atoms with van der Waals surface area (Å²) in [5.41, 5.74) is 6.48. The van der Waals surface area contributed by atoms with Crippen molar-refractivity contribution < 1.29 is 5.11 Å². The summed E-state index contributed by atoms with van der Waals surface area (Å²) in [6.07, 6.45) is 1.05. The van der Waals surface area contributed by atoms with E-state index < -0.39 is 0 Å². The number of halogens is 2. The standard InChI is InChI=1S/C10H11BrClNO/c11-9-3-6(12)2-8(10(9)14)7-1-5(7)4-13/h2-3,5,7,14H,1,4,13H2. The Balaban J connectivity index is 2.34. The van der Waals surface area contributed by atoms with E-state index in [4.69, 9.17) is 17.3 Å². The molecule has 1 saturated carbocycles. The molecule has 2 unspecified atom stereocenters. The maximum atomic E-state index is 9.80. The highest BCUT2D eigenvalue weighted by Crippen LogP contribution is 2.51. The highest BCUT2D eigenvalue weighted by atomic mass is 79.9. The minimum atomic E-state index is 0.301. The number of rotatable bonds is 2. The molecule has 0 radical (unpaired) electrons. The highest BCUT2D eigenvalue weighted by molar-refractivity contribution is 9.10. The van der Waals surface area contributed by atoms with Gasteiger partial charge in [-0.25, -0.2) is 0 Å². The quantitative estimate of drug-likeness (QED) is 0.872. The van der Waals surface area contributed by atoms with Crippen LogP contribution in [0.25, 0.3) is 0 Å². The summed E-state index contributed by atoms with van der Waals surface area (Å²) in [6.45, 7) is 0.675. The van der Waals surface area contributed by atoms with Crippen molar-refractivity contribution in [3.05, 3.63) is 27.2 Å². The fourth-order valence-electron chi connectivity index (χ4n) is 1.76. The van der Waals surface area contributed by atoms with Crippen LogP contribution in [0, 0.1) is 5.92 Å². The molecule has 2 rings (SSSR count). The molecule has 1 aliphatic rings. The molecule has 1 aromatic carbocycles. The van der Waals surface area contributed by atoms with Gasteiger partial charge in [0.05, 0.1) is 4.47 Å². The number of phenols is 1. The van der Waals surface area contributed by atoms with Gasteiger partial charge in [-0.3, -0.25) is 0 Å². The van der Waals surface area contributed by atoms with Crippen molar-refractivity contribution in [2.45, 2.75) is 12.3 Å². The number of benzene rings is 1. The van der Waals surface area contributed by atoms with Crippen LogP contribution >= 0.6 is 27.5 Å². The van der Waals surface area contributed by atoms with Crippen molar-refractivity contribution >= 4 is 27.5 Å². The summed E-state index contributed by atoms with van der Waals surface area (Å²) in [5.74, 6) is 1.19. The van der Waals surface area contributed by atoms with Crippen molar-refractivity contribution in [2.75, 3.05) is 6.54 Å². The second-order valence-corrected chi connectivity index (χ2v) is 4.95. The van der Waals surface area contributed by atoms with Crippen molar-refractivity contribution in [1.82, 2.24) is 0 Å². The van der Waals surface area contributed by atoms with E-state index in [0.717, 1.165) is 12.0 Å². The van der Waals surface area contributed by atoms with Gasteiger partial charge in [0.2, 0.25) is 0 Å². The van der Waals surface area contributed by atoms with Gasteiger partial charge in [-0.15, -0.1) is 0 Å². The maximum absolute atomic E-state index is 9.80. The largest absolute Gasteiger partial charge is 0.506 e. The van der Waals surface area contributed by atoms with E-state index in [0.29, 0.717) is 33.6 Å².